The number of fused-ring (bicyclic) bond motifs is 1. The van der Waals surface area contributed by atoms with E-state index in [4.69, 9.17) is 0 Å². The Kier molecular flexibility index (Phi) is 7.37. The molecule has 8 nitrogen and oxygen atoms in total. The molecule has 1 fully saturated rings. The van der Waals surface area contributed by atoms with Crippen LogP contribution in [0.25, 0.3) is 0 Å². The van der Waals surface area contributed by atoms with E-state index in [1.54, 1.807) is 48.5 Å². The van der Waals surface area contributed by atoms with Crippen molar-refractivity contribution < 1.29 is 22.8 Å². The Labute approximate surface area is 206 Å². The summed E-state index contributed by atoms with van der Waals surface area (Å²) in [5.74, 6) is -1.26. The summed E-state index contributed by atoms with van der Waals surface area (Å²) in [6.45, 7) is 5.09. The maximum absolute atomic E-state index is 13.2. The molecular weight excluding hydrogens is 466 g/mol. The number of hydrogen-bond acceptors (Lipinski definition) is 5. The molecule has 1 unspecified atom stereocenters. The van der Waals surface area contributed by atoms with Crippen molar-refractivity contribution in [3.63, 3.8) is 0 Å². The second-order valence-electron chi connectivity index (χ2n) is 9.50. The summed E-state index contributed by atoms with van der Waals surface area (Å²) in [4.78, 5) is 40.3. The van der Waals surface area contributed by atoms with Gasteiger partial charge in [-0.25, -0.2) is 8.42 Å². The average Bonchev–Trinajstić information content (AvgIpc) is 3.11. The van der Waals surface area contributed by atoms with Gasteiger partial charge in [-0.05, 0) is 55.0 Å². The van der Waals surface area contributed by atoms with Gasteiger partial charge >= 0.3 is 0 Å². The minimum absolute atomic E-state index is 0.0781. The SMILES string of the molecule is CC(C)CC(C(=O)NCc1ccc(S(=O)(=O)N2CCCCC2)cc1)N1C(=O)c2ccccc2C1=O. The van der Waals surface area contributed by atoms with Crippen LogP contribution in [0.15, 0.2) is 53.4 Å². The molecule has 35 heavy (non-hydrogen) atoms. The highest BCUT2D eigenvalue weighted by Crippen LogP contribution is 2.27. The third-order valence-electron chi connectivity index (χ3n) is 6.48. The molecule has 1 N–H and O–H groups in total. The van der Waals surface area contributed by atoms with E-state index in [9.17, 15) is 22.8 Å². The summed E-state index contributed by atoms with van der Waals surface area (Å²) >= 11 is 0. The Morgan fingerprint density at radius 3 is 2.03 bits per heavy atom. The Bertz CT molecular complexity index is 1180. The first-order chi connectivity index (χ1) is 16.7. The number of benzene rings is 2. The molecule has 1 atom stereocenters. The first-order valence-corrected chi connectivity index (χ1v) is 13.5. The molecule has 0 bridgehead atoms. The third kappa shape index (κ3) is 5.16. The predicted octanol–water partition coefficient (Wildman–Crippen LogP) is 3.19. The maximum Gasteiger partial charge on any atom is 0.262 e. The van der Waals surface area contributed by atoms with Gasteiger partial charge in [0.2, 0.25) is 15.9 Å². The summed E-state index contributed by atoms with van der Waals surface area (Å²) in [7, 11) is -3.52. The van der Waals surface area contributed by atoms with Gasteiger partial charge in [-0.15, -0.1) is 0 Å². The van der Waals surface area contributed by atoms with Crippen molar-refractivity contribution in [2.24, 2.45) is 5.92 Å². The first-order valence-electron chi connectivity index (χ1n) is 12.0. The molecule has 2 heterocycles. The second kappa shape index (κ2) is 10.3. The fourth-order valence-corrected chi connectivity index (χ4v) is 6.12. The number of sulfonamides is 1. The van der Waals surface area contributed by atoms with Crippen molar-refractivity contribution in [3.8, 4) is 0 Å². The topological polar surface area (TPSA) is 104 Å². The van der Waals surface area contributed by atoms with Gasteiger partial charge in [0.15, 0.2) is 0 Å². The molecule has 186 valence electrons. The van der Waals surface area contributed by atoms with Crippen LogP contribution < -0.4 is 5.32 Å². The molecule has 0 radical (unpaired) electrons. The summed E-state index contributed by atoms with van der Waals surface area (Å²) in [5.41, 5.74) is 1.34. The Hall–Kier alpha value is -3.04. The maximum atomic E-state index is 13.2. The lowest BCUT2D eigenvalue weighted by atomic mass is 10.0. The van der Waals surface area contributed by atoms with Crippen molar-refractivity contribution in [1.29, 1.82) is 0 Å². The molecule has 3 amide bonds. The van der Waals surface area contributed by atoms with Crippen molar-refractivity contribution in [3.05, 3.63) is 65.2 Å². The van der Waals surface area contributed by atoms with Crippen LogP contribution in [0.3, 0.4) is 0 Å². The van der Waals surface area contributed by atoms with Gasteiger partial charge in [-0.2, -0.15) is 4.31 Å². The molecule has 0 saturated carbocycles. The number of nitrogens with zero attached hydrogens (tertiary/aromatic N) is 2. The summed E-state index contributed by atoms with van der Waals surface area (Å²) in [6, 6.07) is 12.1. The van der Waals surface area contributed by atoms with Crippen molar-refractivity contribution in [2.45, 2.75) is 57.0 Å². The smallest absolute Gasteiger partial charge is 0.262 e. The molecule has 0 aliphatic carbocycles. The van der Waals surface area contributed by atoms with Crippen LogP contribution in [0.4, 0.5) is 0 Å². The van der Waals surface area contributed by atoms with Crippen LogP contribution in [0.5, 0.6) is 0 Å². The third-order valence-corrected chi connectivity index (χ3v) is 8.39. The highest BCUT2D eigenvalue weighted by molar-refractivity contribution is 7.89. The lowest BCUT2D eigenvalue weighted by Crippen LogP contribution is -2.50. The average molecular weight is 498 g/mol. The highest BCUT2D eigenvalue weighted by atomic mass is 32.2. The number of amides is 3. The molecule has 9 heteroatoms. The zero-order valence-corrected chi connectivity index (χ0v) is 20.9. The van der Waals surface area contributed by atoms with Gasteiger partial charge in [0.25, 0.3) is 11.8 Å². The number of nitrogens with one attached hydrogen (secondary N) is 1. The van der Waals surface area contributed by atoms with Crippen LogP contribution in [0.2, 0.25) is 0 Å². The molecule has 2 aliphatic rings. The van der Waals surface area contributed by atoms with Crippen LogP contribution in [0, 0.1) is 5.92 Å². The van der Waals surface area contributed by atoms with Crippen LogP contribution in [0.1, 0.15) is 65.8 Å². The van der Waals surface area contributed by atoms with Gasteiger partial charge in [0.05, 0.1) is 16.0 Å². The van der Waals surface area contributed by atoms with Crippen molar-refractivity contribution in [1.82, 2.24) is 14.5 Å². The lowest BCUT2D eigenvalue weighted by Gasteiger charge is -2.27. The quantitative estimate of drug-likeness (QED) is 0.564. The fraction of sp³-hybridized carbons (Fsp3) is 0.423. The summed E-state index contributed by atoms with van der Waals surface area (Å²) in [5, 5.41) is 2.83. The fourth-order valence-electron chi connectivity index (χ4n) is 4.61. The molecule has 1 saturated heterocycles. The van der Waals surface area contributed by atoms with E-state index >= 15 is 0 Å². The van der Waals surface area contributed by atoms with Gasteiger partial charge < -0.3 is 5.32 Å². The Balaban J connectivity index is 1.45. The molecule has 0 aromatic heterocycles. The number of carbonyl (C=O) groups excluding carboxylic acids is 3. The van der Waals surface area contributed by atoms with Crippen molar-refractivity contribution in [2.75, 3.05) is 13.1 Å². The number of piperidine rings is 1. The summed E-state index contributed by atoms with van der Waals surface area (Å²) < 4.78 is 27.2. The van der Waals surface area contributed by atoms with E-state index in [2.05, 4.69) is 5.32 Å². The van der Waals surface area contributed by atoms with E-state index in [1.807, 2.05) is 13.8 Å². The molecular formula is C26H31N3O5S. The Morgan fingerprint density at radius 2 is 1.49 bits per heavy atom. The number of carbonyl (C=O) groups is 3. The minimum atomic E-state index is -3.52. The predicted molar refractivity (Wildman–Crippen MR) is 131 cm³/mol. The second-order valence-corrected chi connectivity index (χ2v) is 11.4. The molecule has 0 spiro atoms. The Morgan fingerprint density at radius 1 is 0.914 bits per heavy atom. The van der Waals surface area contributed by atoms with E-state index < -0.39 is 33.8 Å². The zero-order chi connectivity index (χ0) is 25.2. The summed E-state index contributed by atoms with van der Waals surface area (Å²) in [6.07, 6.45) is 3.12. The van der Waals surface area contributed by atoms with Gasteiger partial charge in [0, 0.05) is 19.6 Å². The molecule has 4 rings (SSSR count). The number of rotatable bonds is 8. The molecule has 2 aliphatic heterocycles. The van der Waals surface area contributed by atoms with Crippen LogP contribution in [-0.2, 0) is 21.4 Å². The van der Waals surface area contributed by atoms with E-state index in [0.29, 0.717) is 30.6 Å². The van der Waals surface area contributed by atoms with Gasteiger partial charge in [0.1, 0.15) is 6.04 Å². The van der Waals surface area contributed by atoms with Gasteiger partial charge in [-0.1, -0.05) is 44.5 Å². The standard InChI is InChI=1S/C26H31N3O5S/c1-18(2)16-23(29-25(31)21-8-4-5-9-22(21)26(29)32)24(30)27-17-19-10-12-20(13-11-19)35(33,34)28-14-6-3-7-15-28/h4-5,8-13,18,23H,3,6-7,14-17H2,1-2H3,(H,27,30). The van der Waals surface area contributed by atoms with E-state index in [-0.39, 0.29) is 17.4 Å². The number of imide groups is 1. The zero-order valence-electron chi connectivity index (χ0n) is 20.1. The molecule has 2 aromatic carbocycles. The van der Waals surface area contributed by atoms with Crippen LogP contribution >= 0.6 is 0 Å². The first kappa shape index (κ1) is 25.1. The highest BCUT2D eigenvalue weighted by Gasteiger charge is 2.42. The van der Waals surface area contributed by atoms with Gasteiger partial charge in [-0.3, -0.25) is 19.3 Å². The minimum Gasteiger partial charge on any atom is -0.350 e. The monoisotopic (exact) mass is 497 g/mol. The normalized spacial score (nSPS) is 17.5. The number of hydrogen-bond donors (Lipinski definition) is 1. The lowest BCUT2D eigenvalue weighted by molar-refractivity contribution is -0.125. The van der Waals surface area contributed by atoms with Crippen molar-refractivity contribution >= 4 is 27.7 Å². The van der Waals surface area contributed by atoms with E-state index in [0.717, 1.165) is 29.7 Å². The molecule has 2 aromatic rings. The van der Waals surface area contributed by atoms with Crippen LogP contribution in [-0.4, -0.2) is 54.5 Å². The van der Waals surface area contributed by atoms with E-state index in [1.165, 1.54) is 4.31 Å². The largest absolute Gasteiger partial charge is 0.350 e.